The Hall–Kier alpha value is -2.89. The summed E-state index contributed by atoms with van der Waals surface area (Å²) < 4.78 is 2.26. The number of aromatic nitrogens is 1. The number of rotatable bonds is 6. The van der Waals surface area contributed by atoms with Gasteiger partial charge < -0.3 is 4.90 Å². The molecule has 2 aliphatic heterocycles. The lowest BCUT2D eigenvalue weighted by Crippen LogP contribution is -2.43. The van der Waals surface area contributed by atoms with Crippen LogP contribution in [0.2, 0.25) is 0 Å². The van der Waals surface area contributed by atoms with Crippen molar-refractivity contribution >= 4 is 46.1 Å². The van der Waals surface area contributed by atoms with Crippen molar-refractivity contribution < 1.29 is 4.79 Å². The number of thioether (sulfide) groups is 1. The van der Waals surface area contributed by atoms with Gasteiger partial charge in [0.2, 0.25) is 0 Å². The molecule has 0 saturated carbocycles. The molecule has 2 saturated heterocycles. The fourth-order valence-electron chi connectivity index (χ4n) is 5.40. The van der Waals surface area contributed by atoms with Crippen LogP contribution >= 0.6 is 24.0 Å². The molecular formula is C29H34N4O2S2. The summed E-state index contributed by atoms with van der Waals surface area (Å²) in [6.07, 6.45) is 3.75. The zero-order valence-corrected chi connectivity index (χ0v) is 23.8. The number of piperidine rings is 1. The predicted molar refractivity (Wildman–Crippen MR) is 155 cm³/mol. The SMILES string of the molecule is CCCn1c(N2CC(C)CC(C)C2)c(C=C2SC(=S)N(Cc3ccc(C)cc3)C2=O)c(C)c(C#N)c1=O. The van der Waals surface area contributed by atoms with Crippen LogP contribution in [0, 0.1) is 37.0 Å². The number of hydrogen-bond acceptors (Lipinski definition) is 6. The molecule has 1 aromatic carbocycles. The molecule has 4 rings (SSSR count). The van der Waals surface area contributed by atoms with Crippen LogP contribution in [0.3, 0.4) is 0 Å². The summed E-state index contributed by atoms with van der Waals surface area (Å²) in [5.41, 5.74) is 3.43. The van der Waals surface area contributed by atoms with E-state index in [1.165, 1.54) is 11.8 Å². The summed E-state index contributed by atoms with van der Waals surface area (Å²) in [5.74, 6) is 1.62. The number of anilines is 1. The van der Waals surface area contributed by atoms with E-state index in [0.717, 1.165) is 48.4 Å². The fourth-order valence-corrected chi connectivity index (χ4v) is 6.63. The van der Waals surface area contributed by atoms with Gasteiger partial charge in [-0.1, -0.05) is 74.6 Å². The molecule has 3 heterocycles. The van der Waals surface area contributed by atoms with Crippen LogP contribution < -0.4 is 10.5 Å². The third-order valence-electron chi connectivity index (χ3n) is 7.07. The molecule has 0 bridgehead atoms. The van der Waals surface area contributed by atoms with Crippen LogP contribution in [-0.2, 0) is 17.9 Å². The van der Waals surface area contributed by atoms with Crippen molar-refractivity contribution in [1.82, 2.24) is 9.47 Å². The summed E-state index contributed by atoms with van der Waals surface area (Å²) in [7, 11) is 0. The Morgan fingerprint density at radius 2 is 1.78 bits per heavy atom. The van der Waals surface area contributed by atoms with Crippen molar-refractivity contribution in [3.05, 3.63) is 67.3 Å². The van der Waals surface area contributed by atoms with Gasteiger partial charge in [0.05, 0.1) is 11.4 Å². The highest BCUT2D eigenvalue weighted by Crippen LogP contribution is 2.38. The van der Waals surface area contributed by atoms with E-state index in [4.69, 9.17) is 12.2 Å². The monoisotopic (exact) mass is 534 g/mol. The summed E-state index contributed by atoms with van der Waals surface area (Å²) in [5, 5.41) is 9.88. The largest absolute Gasteiger partial charge is 0.357 e. The van der Waals surface area contributed by atoms with Crippen LogP contribution in [0.5, 0.6) is 0 Å². The number of benzene rings is 1. The number of nitrogens with zero attached hydrogens (tertiary/aromatic N) is 4. The Kier molecular flexibility index (Phi) is 8.25. The number of aryl methyl sites for hydroxylation is 1. The van der Waals surface area contributed by atoms with Crippen molar-refractivity contribution in [3.63, 3.8) is 0 Å². The number of pyridine rings is 1. The summed E-state index contributed by atoms with van der Waals surface area (Å²) in [6, 6.07) is 10.2. The second-order valence-corrected chi connectivity index (χ2v) is 12.1. The highest BCUT2D eigenvalue weighted by Gasteiger charge is 2.34. The van der Waals surface area contributed by atoms with Gasteiger partial charge >= 0.3 is 0 Å². The van der Waals surface area contributed by atoms with Crippen molar-refractivity contribution in [2.75, 3.05) is 18.0 Å². The molecule has 2 unspecified atom stereocenters. The minimum absolute atomic E-state index is 0.136. The minimum Gasteiger partial charge on any atom is -0.357 e. The number of carbonyl (C=O) groups is 1. The molecule has 2 aromatic rings. The standard InChI is InChI=1S/C29H34N4O2S2/c1-6-11-32-26(31-15-19(3)12-20(4)16-31)23(21(5)24(14-30)27(32)34)13-25-28(35)33(29(36)37-25)17-22-9-7-18(2)8-10-22/h7-10,13,19-20H,6,11-12,15-17H2,1-5H3. The maximum absolute atomic E-state index is 13.5. The maximum Gasteiger partial charge on any atom is 0.270 e. The summed E-state index contributed by atoms with van der Waals surface area (Å²) in [4.78, 5) is 31.4. The Labute approximate surface area is 229 Å². The number of hydrogen-bond donors (Lipinski definition) is 0. The van der Waals surface area contributed by atoms with Gasteiger partial charge in [0.25, 0.3) is 11.5 Å². The Balaban J connectivity index is 1.83. The average Bonchev–Trinajstić information content (AvgIpc) is 3.10. The Morgan fingerprint density at radius 1 is 1.14 bits per heavy atom. The zero-order chi connectivity index (χ0) is 26.9. The topological polar surface area (TPSA) is 69.3 Å². The van der Waals surface area contributed by atoms with Crippen molar-refractivity contribution in [2.24, 2.45) is 11.8 Å². The van der Waals surface area contributed by atoms with Crippen molar-refractivity contribution in [3.8, 4) is 6.07 Å². The van der Waals surface area contributed by atoms with Gasteiger partial charge in [-0.2, -0.15) is 5.26 Å². The van der Waals surface area contributed by atoms with Crippen LogP contribution in [0.25, 0.3) is 6.08 Å². The molecule has 6 nitrogen and oxygen atoms in total. The van der Waals surface area contributed by atoms with Gasteiger partial charge in [-0.3, -0.25) is 19.1 Å². The molecular weight excluding hydrogens is 500 g/mol. The van der Waals surface area contributed by atoms with E-state index < -0.39 is 0 Å². The van der Waals surface area contributed by atoms with Crippen LogP contribution in [-0.4, -0.2) is 32.8 Å². The smallest absolute Gasteiger partial charge is 0.270 e. The lowest BCUT2D eigenvalue weighted by Gasteiger charge is -2.39. The lowest BCUT2D eigenvalue weighted by molar-refractivity contribution is -0.122. The van der Waals surface area contributed by atoms with Gasteiger partial charge in [-0.05, 0) is 55.7 Å². The molecule has 2 atom stereocenters. The molecule has 2 aliphatic rings. The fraction of sp³-hybridized carbons (Fsp3) is 0.448. The first-order chi connectivity index (χ1) is 17.6. The number of thiocarbonyl (C=S) groups is 1. The predicted octanol–water partition coefficient (Wildman–Crippen LogP) is 5.63. The highest BCUT2D eigenvalue weighted by molar-refractivity contribution is 8.26. The lowest BCUT2D eigenvalue weighted by atomic mass is 9.91. The highest BCUT2D eigenvalue weighted by atomic mass is 32.2. The van der Waals surface area contributed by atoms with E-state index >= 15 is 0 Å². The van der Waals surface area contributed by atoms with E-state index in [-0.39, 0.29) is 17.0 Å². The Morgan fingerprint density at radius 3 is 2.38 bits per heavy atom. The third kappa shape index (κ3) is 5.53. The van der Waals surface area contributed by atoms with Crippen LogP contribution in [0.15, 0.2) is 34.0 Å². The minimum atomic E-state index is -0.258. The molecule has 1 aromatic heterocycles. The maximum atomic E-state index is 13.5. The summed E-state index contributed by atoms with van der Waals surface area (Å²) >= 11 is 6.88. The van der Waals surface area contributed by atoms with Gasteiger partial charge in [-0.15, -0.1) is 0 Å². The molecule has 0 aliphatic carbocycles. The van der Waals surface area contributed by atoms with E-state index in [9.17, 15) is 14.9 Å². The molecule has 0 spiro atoms. The first kappa shape index (κ1) is 27.2. The number of carbonyl (C=O) groups excluding carboxylic acids is 1. The quantitative estimate of drug-likeness (QED) is 0.353. The van der Waals surface area contributed by atoms with Gasteiger partial charge in [0.15, 0.2) is 0 Å². The van der Waals surface area contributed by atoms with Gasteiger partial charge in [0.1, 0.15) is 21.8 Å². The second-order valence-electron chi connectivity index (χ2n) is 10.4. The first-order valence-corrected chi connectivity index (χ1v) is 14.1. The second kappa shape index (κ2) is 11.2. The first-order valence-electron chi connectivity index (χ1n) is 12.9. The Bertz CT molecular complexity index is 1340. The van der Waals surface area contributed by atoms with E-state index in [2.05, 4.69) is 24.8 Å². The van der Waals surface area contributed by atoms with Crippen molar-refractivity contribution in [2.45, 2.75) is 60.5 Å². The molecule has 0 radical (unpaired) electrons. The number of nitriles is 1. The average molecular weight is 535 g/mol. The summed E-state index contributed by atoms with van der Waals surface area (Å²) in [6.45, 7) is 12.9. The molecule has 2 fully saturated rings. The molecule has 8 heteroatoms. The van der Waals surface area contributed by atoms with Gasteiger partial charge in [-0.25, -0.2) is 0 Å². The zero-order valence-electron chi connectivity index (χ0n) is 22.2. The van der Waals surface area contributed by atoms with E-state index in [1.807, 2.05) is 51.1 Å². The van der Waals surface area contributed by atoms with Crippen LogP contribution in [0.1, 0.15) is 61.4 Å². The van der Waals surface area contributed by atoms with E-state index in [1.54, 1.807) is 9.47 Å². The molecule has 0 N–H and O–H groups in total. The third-order valence-corrected chi connectivity index (χ3v) is 8.45. The van der Waals surface area contributed by atoms with E-state index in [0.29, 0.717) is 39.7 Å². The normalized spacial score (nSPS) is 21.1. The van der Waals surface area contributed by atoms with Gasteiger partial charge in [0, 0.05) is 25.2 Å². The molecule has 1 amide bonds. The molecule has 194 valence electrons. The number of amides is 1. The molecule has 37 heavy (non-hydrogen) atoms. The van der Waals surface area contributed by atoms with Crippen LogP contribution in [0.4, 0.5) is 5.82 Å². The van der Waals surface area contributed by atoms with Crippen molar-refractivity contribution in [1.29, 1.82) is 5.26 Å².